The third-order valence-corrected chi connectivity index (χ3v) is 8.38. The van der Waals surface area contributed by atoms with Gasteiger partial charge in [-0.15, -0.1) is 0 Å². The highest BCUT2D eigenvalue weighted by Crippen LogP contribution is 2.40. The number of fused-ring (bicyclic) bond motifs is 2. The zero-order valence-electron chi connectivity index (χ0n) is 22.7. The third kappa shape index (κ3) is 3.72. The number of pyridine rings is 1. The molecule has 0 amide bonds. The normalized spacial score (nSPS) is 12.3. The molecule has 41 heavy (non-hydrogen) atoms. The van der Waals surface area contributed by atoms with Gasteiger partial charge in [-0.05, 0) is 84.9 Å². The Morgan fingerprint density at radius 1 is 0.659 bits per heavy atom. The largest absolute Gasteiger partial charge is 0.254 e. The van der Waals surface area contributed by atoms with Crippen molar-refractivity contribution in [2.45, 2.75) is 6.92 Å². The van der Waals surface area contributed by atoms with Crippen LogP contribution in [0.25, 0.3) is 71.2 Å². The molecule has 1 aromatic heterocycles. The Labute approximate surface area is 238 Å². The molecule has 2 nitrogen and oxygen atoms in total. The minimum Gasteiger partial charge on any atom is -0.254 e. The fourth-order valence-corrected chi connectivity index (χ4v) is 6.29. The van der Waals surface area contributed by atoms with Gasteiger partial charge in [0.25, 0.3) is 0 Å². The highest BCUT2D eigenvalue weighted by molar-refractivity contribution is 6.25. The second-order valence-electron chi connectivity index (χ2n) is 10.7. The highest BCUT2D eigenvalue weighted by atomic mass is 14.8. The van der Waals surface area contributed by atoms with Gasteiger partial charge in [0.05, 0.1) is 11.2 Å². The van der Waals surface area contributed by atoms with Crippen LogP contribution < -0.4 is 0 Å². The highest BCUT2D eigenvalue weighted by Gasteiger charge is 2.13. The quantitative estimate of drug-likeness (QED) is 0.167. The number of aromatic nitrogens is 1. The van der Waals surface area contributed by atoms with Crippen LogP contribution in [0.5, 0.6) is 0 Å². The zero-order chi connectivity index (χ0) is 27.5. The van der Waals surface area contributed by atoms with E-state index in [2.05, 4.69) is 128 Å². The summed E-state index contributed by atoms with van der Waals surface area (Å²) in [6, 6.07) is 41.6. The van der Waals surface area contributed by atoms with Crippen LogP contribution in [0.1, 0.15) is 18.1 Å². The number of benzene rings is 7. The Kier molecular flexibility index (Phi) is 5.23. The maximum Gasteiger partial charge on any atom is 0.0967 e. The zero-order valence-corrected chi connectivity index (χ0v) is 22.7. The number of rotatable bonds is 4. The second kappa shape index (κ2) is 9.11. The van der Waals surface area contributed by atoms with Crippen LogP contribution >= 0.6 is 0 Å². The minimum absolute atomic E-state index is 0.861. The summed E-state index contributed by atoms with van der Waals surface area (Å²) >= 11 is 0. The summed E-state index contributed by atoms with van der Waals surface area (Å²) in [6.45, 7) is 6.06. The van der Waals surface area contributed by atoms with Crippen LogP contribution in [0.15, 0.2) is 133 Å². The van der Waals surface area contributed by atoms with E-state index < -0.39 is 0 Å². The number of hydrogen-bond donors (Lipinski definition) is 0. The lowest BCUT2D eigenvalue weighted by molar-refractivity contribution is 1.38. The SMILES string of the molecule is C=Cc1ccc2cccnc2c1/N=C(\C)c1ccc2cc(-c3ccc4ccc5cccc6ccc3c4c56)ccc2c1. The first-order valence-electron chi connectivity index (χ1n) is 13.9. The van der Waals surface area contributed by atoms with Crippen molar-refractivity contribution in [2.75, 3.05) is 0 Å². The first kappa shape index (κ1) is 23.5. The molecule has 192 valence electrons. The van der Waals surface area contributed by atoms with Crippen LogP contribution in [0.4, 0.5) is 5.69 Å². The molecule has 8 rings (SSSR count). The van der Waals surface area contributed by atoms with E-state index >= 15 is 0 Å². The summed E-state index contributed by atoms with van der Waals surface area (Å²) in [7, 11) is 0. The Balaban J connectivity index is 1.23. The van der Waals surface area contributed by atoms with Crippen molar-refractivity contribution in [1.29, 1.82) is 0 Å². The van der Waals surface area contributed by atoms with Crippen molar-refractivity contribution < 1.29 is 0 Å². The number of hydrogen-bond acceptors (Lipinski definition) is 2. The Morgan fingerprint density at radius 3 is 2.20 bits per heavy atom. The van der Waals surface area contributed by atoms with Gasteiger partial charge in [-0.1, -0.05) is 110 Å². The second-order valence-corrected chi connectivity index (χ2v) is 10.7. The maximum absolute atomic E-state index is 5.06. The lowest BCUT2D eigenvalue weighted by Gasteiger charge is -2.14. The molecule has 0 spiro atoms. The topological polar surface area (TPSA) is 25.2 Å². The van der Waals surface area contributed by atoms with Crippen molar-refractivity contribution in [3.05, 3.63) is 139 Å². The summed E-state index contributed by atoms with van der Waals surface area (Å²) in [6.07, 6.45) is 3.67. The molecule has 0 aliphatic rings. The van der Waals surface area contributed by atoms with E-state index in [-0.39, 0.29) is 0 Å². The van der Waals surface area contributed by atoms with Crippen molar-refractivity contribution in [3.8, 4) is 11.1 Å². The molecule has 0 atom stereocenters. The van der Waals surface area contributed by atoms with Gasteiger partial charge in [-0.3, -0.25) is 9.98 Å². The van der Waals surface area contributed by atoms with Gasteiger partial charge in [-0.2, -0.15) is 0 Å². The van der Waals surface area contributed by atoms with Crippen molar-refractivity contribution in [2.24, 2.45) is 4.99 Å². The standard InChI is InChI=1S/C39H26N2/c1-3-25-9-12-29-8-5-21-40-38(29)39(25)41-24(2)30-13-14-32-23-33(16-15-31(32)22-30)34-19-17-28-11-10-26-6-4-7-27-18-20-35(34)37(28)36(26)27/h3-23H,1H2,2H3/b41-24+. The van der Waals surface area contributed by atoms with E-state index in [1.54, 1.807) is 0 Å². The van der Waals surface area contributed by atoms with Crippen LogP contribution in [0.3, 0.4) is 0 Å². The van der Waals surface area contributed by atoms with Crippen LogP contribution in [-0.4, -0.2) is 10.7 Å². The third-order valence-electron chi connectivity index (χ3n) is 8.38. The first-order chi connectivity index (χ1) is 20.2. The molecule has 0 aliphatic carbocycles. The molecule has 0 bridgehead atoms. The van der Waals surface area contributed by atoms with E-state index in [9.17, 15) is 0 Å². The lowest BCUT2D eigenvalue weighted by atomic mass is 9.89. The fraction of sp³-hybridized carbons (Fsp3) is 0.0256. The summed E-state index contributed by atoms with van der Waals surface area (Å²) < 4.78 is 0. The molecule has 0 aliphatic heterocycles. The predicted molar refractivity (Wildman–Crippen MR) is 177 cm³/mol. The van der Waals surface area contributed by atoms with Gasteiger partial charge in [0.1, 0.15) is 0 Å². The van der Waals surface area contributed by atoms with E-state index in [1.807, 2.05) is 18.3 Å². The Bertz CT molecular complexity index is 2330. The van der Waals surface area contributed by atoms with E-state index in [0.717, 1.165) is 33.4 Å². The molecule has 0 saturated heterocycles. The van der Waals surface area contributed by atoms with Gasteiger partial charge in [0.15, 0.2) is 0 Å². The monoisotopic (exact) mass is 522 g/mol. The van der Waals surface area contributed by atoms with Crippen molar-refractivity contribution in [1.82, 2.24) is 4.98 Å². The van der Waals surface area contributed by atoms with E-state index in [0.29, 0.717) is 0 Å². The van der Waals surface area contributed by atoms with Crippen molar-refractivity contribution in [3.63, 3.8) is 0 Å². The summed E-state index contributed by atoms with van der Waals surface area (Å²) in [5, 5.41) is 11.3. The summed E-state index contributed by atoms with van der Waals surface area (Å²) in [5.41, 5.74) is 7.27. The molecular weight excluding hydrogens is 496 g/mol. The van der Waals surface area contributed by atoms with Gasteiger partial charge in [-0.25, -0.2) is 0 Å². The van der Waals surface area contributed by atoms with Crippen LogP contribution in [0.2, 0.25) is 0 Å². The number of aliphatic imine (C=N–C) groups is 1. The molecule has 0 radical (unpaired) electrons. The van der Waals surface area contributed by atoms with Gasteiger partial charge in [0.2, 0.25) is 0 Å². The van der Waals surface area contributed by atoms with E-state index in [4.69, 9.17) is 4.99 Å². The molecular formula is C39H26N2. The smallest absolute Gasteiger partial charge is 0.0967 e. The van der Waals surface area contributed by atoms with Crippen LogP contribution in [0, 0.1) is 0 Å². The van der Waals surface area contributed by atoms with Gasteiger partial charge < -0.3 is 0 Å². The maximum atomic E-state index is 5.06. The van der Waals surface area contributed by atoms with E-state index in [1.165, 1.54) is 54.2 Å². The molecule has 1 heterocycles. The van der Waals surface area contributed by atoms with Gasteiger partial charge in [0, 0.05) is 22.9 Å². The molecule has 0 saturated carbocycles. The molecule has 2 heteroatoms. The number of nitrogens with zero attached hydrogens (tertiary/aromatic N) is 2. The Hall–Kier alpha value is -5.34. The Morgan fingerprint density at radius 2 is 1.34 bits per heavy atom. The molecule has 0 unspecified atom stereocenters. The van der Waals surface area contributed by atoms with Gasteiger partial charge >= 0.3 is 0 Å². The fourth-order valence-electron chi connectivity index (χ4n) is 6.29. The molecule has 0 fully saturated rings. The molecule has 0 N–H and O–H groups in total. The summed E-state index contributed by atoms with van der Waals surface area (Å²) in [5.74, 6) is 0. The first-order valence-corrected chi connectivity index (χ1v) is 13.9. The predicted octanol–water partition coefficient (Wildman–Crippen LogP) is 10.7. The van der Waals surface area contributed by atoms with Crippen molar-refractivity contribution >= 4 is 71.5 Å². The molecule has 8 aromatic rings. The lowest BCUT2D eigenvalue weighted by Crippen LogP contribution is -1.95. The average molecular weight is 523 g/mol. The minimum atomic E-state index is 0.861. The molecule has 7 aromatic carbocycles. The average Bonchev–Trinajstić information content (AvgIpc) is 3.03. The summed E-state index contributed by atoms with van der Waals surface area (Å²) in [4.78, 5) is 9.68. The van der Waals surface area contributed by atoms with Crippen LogP contribution in [-0.2, 0) is 0 Å².